The molecule has 1 rings (SSSR count). The van der Waals surface area contributed by atoms with Gasteiger partial charge in [-0.3, -0.25) is 0 Å². The van der Waals surface area contributed by atoms with Crippen molar-refractivity contribution in [2.75, 3.05) is 0 Å². The van der Waals surface area contributed by atoms with Crippen molar-refractivity contribution < 1.29 is 0 Å². The molecule has 0 saturated carbocycles. The summed E-state index contributed by atoms with van der Waals surface area (Å²) >= 11 is 22.7. The molecule has 0 saturated heterocycles. The monoisotopic (exact) mass is 242 g/mol. The summed E-state index contributed by atoms with van der Waals surface area (Å²) in [6, 6.07) is 9.22. The summed E-state index contributed by atoms with van der Waals surface area (Å²) in [5.41, 5.74) is 0.805. The van der Waals surface area contributed by atoms with E-state index in [1.54, 1.807) is 0 Å². The van der Waals surface area contributed by atoms with E-state index in [-0.39, 0.29) is 0 Å². The molecule has 4 heteroatoms. The number of alkyl halides is 4. The molecule has 0 aliphatic rings. The molecule has 1 atom stereocenters. The largest absolute Gasteiger partial charge is 0.210 e. The van der Waals surface area contributed by atoms with E-state index in [0.29, 0.717) is 0 Å². The third-order valence-electron chi connectivity index (χ3n) is 1.38. The topological polar surface area (TPSA) is 0 Å². The summed E-state index contributed by atoms with van der Waals surface area (Å²) in [4.78, 5) is 0. The summed E-state index contributed by atoms with van der Waals surface area (Å²) in [6.07, 6.45) is 0. The molecule has 0 aliphatic carbocycles. The average Bonchev–Trinajstić information content (AvgIpc) is 2.03. The summed E-state index contributed by atoms with van der Waals surface area (Å²) < 4.78 is -1.46. The van der Waals surface area contributed by atoms with Gasteiger partial charge in [0, 0.05) is 0 Å². The van der Waals surface area contributed by atoms with E-state index in [1.165, 1.54) is 0 Å². The highest BCUT2D eigenvalue weighted by atomic mass is 35.6. The molecule has 1 aromatic carbocycles. The Morgan fingerprint density at radius 3 is 1.92 bits per heavy atom. The second-order valence-corrected chi connectivity index (χ2v) is 5.12. The van der Waals surface area contributed by atoms with Crippen molar-refractivity contribution in [1.29, 1.82) is 0 Å². The summed E-state index contributed by atoms with van der Waals surface area (Å²) in [5, 5.41) is -0.608. The second kappa shape index (κ2) is 4.06. The van der Waals surface area contributed by atoms with Crippen LogP contribution in [-0.4, -0.2) is 3.79 Å². The summed E-state index contributed by atoms with van der Waals surface area (Å²) in [5.74, 6) is 0. The first-order valence-electron chi connectivity index (χ1n) is 3.27. The highest BCUT2D eigenvalue weighted by Crippen LogP contribution is 2.43. The van der Waals surface area contributed by atoms with Gasteiger partial charge in [-0.1, -0.05) is 65.1 Å². The molecule has 0 N–H and O–H groups in total. The molecular weight excluding hydrogens is 238 g/mol. The fraction of sp³-hybridized carbons (Fsp3) is 0.250. The van der Waals surface area contributed by atoms with Crippen molar-refractivity contribution in [2.45, 2.75) is 9.17 Å². The van der Waals surface area contributed by atoms with Crippen molar-refractivity contribution in [3.8, 4) is 0 Å². The highest BCUT2D eigenvalue weighted by molar-refractivity contribution is 6.70. The lowest BCUT2D eigenvalue weighted by molar-refractivity contribution is 0.972. The van der Waals surface area contributed by atoms with Crippen LogP contribution in [0.1, 0.15) is 10.9 Å². The predicted octanol–water partition coefficient (Wildman–Crippen LogP) is 4.34. The molecule has 0 aliphatic heterocycles. The van der Waals surface area contributed by atoms with E-state index in [0.717, 1.165) is 5.56 Å². The van der Waals surface area contributed by atoms with Gasteiger partial charge < -0.3 is 0 Å². The lowest BCUT2D eigenvalue weighted by Gasteiger charge is -2.17. The first-order valence-corrected chi connectivity index (χ1v) is 4.84. The van der Waals surface area contributed by atoms with E-state index in [2.05, 4.69) is 0 Å². The zero-order chi connectivity index (χ0) is 9.19. The van der Waals surface area contributed by atoms with Gasteiger partial charge in [-0.25, -0.2) is 0 Å². The van der Waals surface area contributed by atoms with Gasteiger partial charge >= 0.3 is 0 Å². The molecule has 0 spiro atoms. The van der Waals surface area contributed by atoms with Gasteiger partial charge in [-0.2, -0.15) is 0 Å². The Morgan fingerprint density at radius 1 is 1.00 bits per heavy atom. The lowest BCUT2D eigenvalue weighted by atomic mass is 10.2. The molecule has 12 heavy (non-hydrogen) atoms. The third-order valence-corrected chi connectivity index (χ3v) is 2.95. The van der Waals surface area contributed by atoms with E-state index in [4.69, 9.17) is 46.4 Å². The van der Waals surface area contributed by atoms with Crippen molar-refractivity contribution in [3.05, 3.63) is 35.9 Å². The number of benzene rings is 1. The fourth-order valence-corrected chi connectivity index (χ4v) is 1.33. The molecule has 0 amide bonds. The maximum absolute atomic E-state index is 5.89. The second-order valence-electron chi connectivity index (χ2n) is 2.31. The van der Waals surface area contributed by atoms with Crippen LogP contribution >= 0.6 is 46.4 Å². The van der Waals surface area contributed by atoms with Crippen molar-refractivity contribution in [2.24, 2.45) is 0 Å². The van der Waals surface area contributed by atoms with Crippen LogP contribution in [0.2, 0.25) is 0 Å². The van der Waals surface area contributed by atoms with Crippen LogP contribution in [0.4, 0.5) is 0 Å². The van der Waals surface area contributed by atoms with Crippen LogP contribution in [0.5, 0.6) is 0 Å². The number of hydrogen-bond acceptors (Lipinski definition) is 0. The van der Waals surface area contributed by atoms with Gasteiger partial charge in [-0.05, 0) is 5.56 Å². The van der Waals surface area contributed by atoms with Crippen LogP contribution in [0.15, 0.2) is 30.3 Å². The van der Waals surface area contributed by atoms with E-state index in [1.807, 2.05) is 30.3 Å². The van der Waals surface area contributed by atoms with Crippen molar-refractivity contribution >= 4 is 46.4 Å². The van der Waals surface area contributed by atoms with Crippen molar-refractivity contribution in [1.82, 2.24) is 0 Å². The smallest absolute Gasteiger partial charge is 0.113 e. The maximum atomic E-state index is 5.89. The quantitative estimate of drug-likeness (QED) is 0.644. The van der Waals surface area contributed by atoms with Crippen LogP contribution < -0.4 is 0 Å². The molecule has 0 fully saturated rings. The summed E-state index contributed by atoms with van der Waals surface area (Å²) in [6.45, 7) is 0. The molecule has 66 valence electrons. The normalized spacial score (nSPS) is 14.3. The molecule has 0 radical (unpaired) electrons. The fourth-order valence-electron chi connectivity index (χ4n) is 0.811. The third kappa shape index (κ3) is 2.70. The minimum atomic E-state index is -1.46. The van der Waals surface area contributed by atoms with Gasteiger partial charge in [-0.15, -0.1) is 11.6 Å². The van der Waals surface area contributed by atoms with Crippen LogP contribution in [0.3, 0.4) is 0 Å². The number of rotatable bonds is 1. The van der Waals surface area contributed by atoms with E-state index >= 15 is 0 Å². The minimum Gasteiger partial charge on any atom is -0.113 e. The summed E-state index contributed by atoms with van der Waals surface area (Å²) in [7, 11) is 0. The number of halogens is 4. The van der Waals surface area contributed by atoms with Gasteiger partial charge in [0.1, 0.15) is 5.38 Å². The van der Waals surface area contributed by atoms with E-state index < -0.39 is 9.17 Å². The molecule has 1 aromatic rings. The van der Waals surface area contributed by atoms with Crippen LogP contribution in [0, 0.1) is 0 Å². The molecule has 1 unspecified atom stereocenters. The maximum Gasteiger partial charge on any atom is 0.210 e. The molecule has 0 nitrogen and oxygen atoms in total. The minimum absolute atomic E-state index is 0.608. The van der Waals surface area contributed by atoms with Crippen LogP contribution in [0.25, 0.3) is 0 Å². The Balaban J connectivity index is 2.86. The number of hydrogen-bond donors (Lipinski definition) is 0. The van der Waals surface area contributed by atoms with Gasteiger partial charge in [0.2, 0.25) is 3.79 Å². The lowest BCUT2D eigenvalue weighted by Crippen LogP contribution is -2.10. The molecule has 0 heterocycles. The first kappa shape index (κ1) is 10.5. The standard InChI is InChI=1S/C8H6Cl4/c9-7(8(10,11)12)6-4-2-1-3-5-6/h1-5,7H. The zero-order valence-corrected chi connectivity index (χ0v) is 9.00. The zero-order valence-electron chi connectivity index (χ0n) is 5.98. The Morgan fingerprint density at radius 2 is 1.50 bits per heavy atom. The van der Waals surface area contributed by atoms with Crippen LogP contribution in [-0.2, 0) is 0 Å². The Kier molecular flexibility index (Phi) is 3.54. The van der Waals surface area contributed by atoms with Gasteiger partial charge in [0.25, 0.3) is 0 Å². The SMILES string of the molecule is ClC(c1ccccc1)C(Cl)(Cl)Cl. The van der Waals surface area contributed by atoms with E-state index in [9.17, 15) is 0 Å². The Bertz CT molecular complexity index is 239. The predicted molar refractivity (Wildman–Crippen MR) is 55.3 cm³/mol. The Hall–Kier alpha value is 0.380. The Labute approximate surface area is 91.4 Å². The first-order chi connectivity index (χ1) is 5.52. The highest BCUT2D eigenvalue weighted by Gasteiger charge is 2.31. The van der Waals surface area contributed by atoms with Gasteiger partial charge in [0.05, 0.1) is 0 Å². The molecule has 0 aromatic heterocycles. The van der Waals surface area contributed by atoms with Crippen molar-refractivity contribution in [3.63, 3.8) is 0 Å². The molecule has 0 bridgehead atoms. The molecular formula is C8H6Cl4. The van der Waals surface area contributed by atoms with Gasteiger partial charge in [0.15, 0.2) is 0 Å². The average molecular weight is 244 g/mol.